The van der Waals surface area contributed by atoms with Crippen LogP contribution in [0, 0.1) is 3.57 Å². The molecule has 4 heteroatoms. The molecule has 0 saturated heterocycles. The van der Waals surface area contributed by atoms with E-state index in [2.05, 4.69) is 95.4 Å². The summed E-state index contributed by atoms with van der Waals surface area (Å²) >= 11 is 2.13. The van der Waals surface area contributed by atoms with Crippen molar-refractivity contribution in [2.75, 3.05) is 0 Å². The van der Waals surface area contributed by atoms with Gasteiger partial charge in [0, 0.05) is 9.79 Å². The Kier molecular flexibility index (Phi) is 4.97. The summed E-state index contributed by atoms with van der Waals surface area (Å²) in [6.07, 6.45) is 0. The Morgan fingerprint density at radius 3 is 2.00 bits per heavy atom. The van der Waals surface area contributed by atoms with E-state index in [1.807, 2.05) is 12.1 Å². The molecule has 0 spiro atoms. The highest BCUT2D eigenvalue weighted by Gasteiger charge is 2.26. The van der Waals surface area contributed by atoms with Gasteiger partial charge in [-0.25, -0.2) is 0 Å². The van der Waals surface area contributed by atoms with Crippen LogP contribution in [0.25, 0.3) is 11.1 Å². The standard InChI is InChI=1S/C25H19IO2S/c26-22-15-17(9-14-23(22)27)16-28-18-10-12-19(13-11-18)29-24-7-3-1-5-20(24)21-6-2-4-8-25(21)29/h1-15,27,29H,16H2. The second kappa shape index (κ2) is 7.76. The van der Waals surface area contributed by atoms with Crippen molar-refractivity contribution >= 4 is 33.5 Å². The van der Waals surface area contributed by atoms with Gasteiger partial charge >= 0.3 is 0 Å². The minimum atomic E-state index is -0.530. The van der Waals surface area contributed by atoms with E-state index in [0.717, 1.165) is 14.9 Å². The molecule has 0 bridgehead atoms. The van der Waals surface area contributed by atoms with Crippen molar-refractivity contribution in [3.05, 3.63) is 100 Å². The number of fused-ring (bicyclic) bond motifs is 3. The molecule has 29 heavy (non-hydrogen) atoms. The number of phenols is 1. The Hall–Kier alpha value is -2.44. The number of phenolic OH excluding ortho intramolecular Hbond substituents is 1. The topological polar surface area (TPSA) is 29.5 Å². The first-order valence-corrected chi connectivity index (χ1v) is 11.8. The number of thiol groups is 1. The normalized spacial score (nSPS) is 13.1. The van der Waals surface area contributed by atoms with Gasteiger partial charge < -0.3 is 9.84 Å². The molecule has 0 radical (unpaired) electrons. The van der Waals surface area contributed by atoms with Crippen LogP contribution >= 0.6 is 33.5 Å². The summed E-state index contributed by atoms with van der Waals surface area (Å²) in [5.74, 6) is 1.16. The highest BCUT2D eigenvalue weighted by molar-refractivity contribution is 14.1. The van der Waals surface area contributed by atoms with Gasteiger partial charge in [-0.1, -0.05) is 42.5 Å². The molecule has 4 aromatic rings. The molecule has 2 nitrogen and oxygen atoms in total. The first kappa shape index (κ1) is 18.6. The summed E-state index contributed by atoms with van der Waals surface area (Å²) in [6, 6.07) is 31.6. The van der Waals surface area contributed by atoms with Crippen LogP contribution < -0.4 is 4.74 Å². The summed E-state index contributed by atoms with van der Waals surface area (Å²) in [5.41, 5.74) is 3.76. The van der Waals surface area contributed by atoms with Gasteiger partial charge in [0.25, 0.3) is 0 Å². The van der Waals surface area contributed by atoms with E-state index in [4.69, 9.17) is 4.74 Å². The predicted molar refractivity (Wildman–Crippen MR) is 127 cm³/mol. The maximum atomic E-state index is 9.66. The van der Waals surface area contributed by atoms with E-state index in [1.54, 1.807) is 6.07 Å². The lowest BCUT2D eigenvalue weighted by atomic mass is 10.1. The molecule has 1 aliphatic rings. The molecule has 0 aromatic heterocycles. The number of rotatable bonds is 4. The zero-order valence-electron chi connectivity index (χ0n) is 15.5. The third kappa shape index (κ3) is 3.51. The van der Waals surface area contributed by atoms with Crippen LogP contribution in [0.1, 0.15) is 5.56 Å². The molecule has 0 unspecified atom stereocenters. The lowest BCUT2D eigenvalue weighted by molar-refractivity contribution is 0.305. The summed E-state index contributed by atoms with van der Waals surface area (Å²) in [4.78, 5) is 4.19. The number of aromatic hydroxyl groups is 1. The SMILES string of the molecule is Oc1ccc(COc2ccc([SH]3c4ccccc4-c4ccccc43)cc2)cc1I. The van der Waals surface area contributed by atoms with E-state index < -0.39 is 10.9 Å². The van der Waals surface area contributed by atoms with E-state index in [-0.39, 0.29) is 0 Å². The Bertz CT molecular complexity index is 1140. The molecule has 0 fully saturated rings. The van der Waals surface area contributed by atoms with Gasteiger partial charge in [-0.2, -0.15) is 10.9 Å². The van der Waals surface area contributed by atoms with Crippen molar-refractivity contribution in [1.29, 1.82) is 0 Å². The van der Waals surface area contributed by atoms with Crippen molar-refractivity contribution in [3.8, 4) is 22.6 Å². The molecule has 5 rings (SSSR count). The second-order valence-corrected chi connectivity index (χ2v) is 10.3. The van der Waals surface area contributed by atoms with Gasteiger partial charge in [0.05, 0.1) is 3.57 Å². The molecule has 1 aliphatic heterocycles. The third-order valence-electron chi connectivity index (χ3n) is 5.09. The van der Waals surface area contributed by atoms with Crippen molar-refractivity contribution in [1.82, 2.24) is 0 Å². The number of halogens is 1. The predicted octanol–water partition coefficient (Wildman–Crippen LogP) is 7.03. The first-order chi connectivity index (χ1) is 14.2. The fourth-order valence-electron chi connectivity index (χ4n) is 3.70. The first-order valence-electron chi connectivity index (χ1n) is 9.39. The van der Waals surface area contributed by atoms with Gasteiger partial charge in [0.1, 0.15) is 18.1 Å². The van der Waals surface area contributed by atoms with Crippen molar-refractivity contribution in [2.45, 2.75) is 21.3 Å². The molecule has 0 aliphatic carbocycles. The van der Waals surface area contributed by atoms with Crippen molar-refractivity contribution in [3.63, 3.8) is 0 Å². The minimum Gasteiger partial charge on any atom is -0.507 e. The van der Waals surface area contributed by atoms with E-state index in [0.29, 0.717) is 12.4 Å². The van der Waals surface area contributed by atoms with Crippen LogP contribution in [0.5, 0.6) is 11.5 Å². The minimum absolute atomic E-state index is 0.304. The molecule has 0 atom stereocenters. The molecular weight excluding hydrogens is 491 g/mol. The lowest BCUT2D eigenvalue weighted by Gasteiger charge is -2.19. The highest BCUT2D eigenvalue weighted by atomic mass is 127. The average Bonchev–Trinajstić information content (AvgIpc) is 3.10. The van der Waals surface area contributed by atoms with Crippen LogP contribution in [0.15, 0.2) is 106 Å². The van der Waals surface area contributed by atoms with E-state index >= 15 is 0 Å². The van der Waals surface area contributed by atoms with Crippen LogP contribution in [0.4, 0.5) is 0 Å². The maximum Gasteiger partial charge on any atom is 0.128 e. The second-order valence-electron chi connectivity index (χ2n) is 6.94. The van der Waals surface area contributed by atoms with Crippen molar-refractivity contribution < 1.29 is 9.84 Å². The fraction of sp³-hybridized carbons (Fsp3) is 0.0400. The van der Waals surface area contributed by atoms with Gasteiger partial charge in [0.15, 0.2) is 0 Å². The van der Waals surface area contributed by atoms with Gasteiger partial charge in [-0.15, -0.1) is 0 Å². The van der Waals surface area contributed by atoms with Crippen LogP contribution in [0.2, 0.25) is 0 Å². The largest absolute Gasteiger partial charge is 0.507 e. The van der Waals surface area contributed by atoms with Crippen LogP contribution in [0.3, 0.4) is 0 Å². The molecule has 4 aromatic carbocycles. The molecule has 1 heterocycles. The molecule has 0 amide bonds. The quantitative estimate of drug-likeness (QED) is 0.201. The highest BCUT2D eigenvalue weighted by Crippen LogP contribution is 2.62. The van der Waals surface area contributed by atoms with Crippen LogP contribution in [-0.4, -0.2) is 5.11 Å². The van der Waals surface area contributed by atoms with Gasteiger partial charge in [-0.05, 0) is 92.7 Å². The average molecular weight is 510 g/mol. The van der Waals surface area contributed by atoms with E-state index in [9.17, 15) is 5.11 Å². The number of hydrogen-bond acceptors (Lipinski definition) is 2. The third-order valence-corrected chi connectivity index (χ3v) is 8.51. The van der Waals surface area contributed by atoms with Gasteiger partial charge in [0.2, 0.25) is 0 Å². The Morgan fingerprint density at radius 2 is 1.38 bits per heavy atom. The summed E-state index contributed by atoms with van der Waals surface area (Å²) in [7, 11) is -0.530. The molecule has 1 N–H and O–H groups in total. The number of ether oxygens (including phenoxy) is 1. The summed E-state index contributed by atoms with van der Waals surface area (Å²) in [6.45, 7) is 0.482. The number of hydrogen-bond donors (Lipinski definition) is 2. The van der Waals surface area contributed by atoms with Crippen molar-refractivity contribution in [2.24, 2.45) is 0 Å². The maximum absolute atomic E-state index is 9.66. The fourth-order valence-corrected chi connectivity index (χ4v) is 6.88. The smallest absolute Gasteiger partial charge is 0.128 e. The van der Waals surface area contributed by atoms with Gasteiger partial charge in [-0.3, -0.25) is 0 Å². The lowest BCUT2D eigenvalue weighted by Crippen LogP contribution is -1.96. The molecule has 0 saturated carbocycles. The summed E-state index contributed by atoms with van der Waals surface area (Å²) < 4.78 is 6.80. The zero-order chi connectivity index (χ0) is 19.8. The zero-order valence-corrected chi connectivity index (χ0v) is 18.6. The van der Waals surface area contributed by atoms with E-state index in [1.165, 1.54) is 25.8 Å². The Balaban J connectivity index is 1.40. The summed E-state index contributed by atoms with van der Waals surface area (Å²) in [5, 5.41) is 9.66. The molecule has 144 valence electrons. The number of benzene rings is 4. The Morgan fingerprint density at radius 1 is 0.759 bits per heavy atom. The van der Waals surface area contributed by atoms with Crippen LogP contribution in [-0.2, 0) is 6.61 Å². The molecular formula is C25H19IO2S. The Labute approximate surface area is 186 Å². The monoisotopic (exact) mass is 510 g/mol.